The van der Waals surface area contributed by atoms with Crippen molar-refractivity contribution >= 4 is 0 Å². The molecule has 1 saturated carbocycles. The molecular formula is C10H18O. The number of ether oxygens (including phenoxy) is 1. The van der Waals surface area contributed by atoms with Crippen molar-refractivity contribution in [1.29, 1.82) is 0 Å². The van der Waals surface area contributed by atoms with Gasteiger partial charge in [0.25, 0.3) is 0 Å². The normalized spacial score (nSPS) is 34.6. The molecule has 2 rings (SSSR count). The molecule has 0 aromatic heterocycles. The van der Waals surface area contributed by atoms with Gasteiger partial charge in [-0.3, -0.25) is 0 Å². The van der Waals surface area contributed by atoms with E-state index in [-0.39, 0.29) is 0 Å². The highest BCUT2D eigenvalue weighted by Gasteiger charge is 2.54. The average Bonchev–Trinajstić information content (AvgIpc) is 2.66. The highest BCUT2D eigenvalue weighted by Crippen LogP contribution is 2.62. The van der Waals surface area contributed by atoms with Gasteiger partial charge in [-0.1, -0.05) is 13.8 Å². The molecule has 1 nitrogen and oxygen atoms in total. The van der Waals surface area contributed by atoms with Crippen molar-refractivity contribution in [3.05, 3.63) is 0 Å². The molecule has 1 heterocycles. The zero-order valence-corrected chi connectivity index (χ0v) is 7.60. The van der Waals surface area contributed by atoms with E-state index in [0.29, 0.717) is 0 Å². The summed E-state index contributed by atoms with van der Waals surface area (Å²) in [5, 5.41) is 0. The lowest BCUT2D eigenvalue weighted by Crippen LogP contribution is -2.19. The van der Waals surface area contributed by atoms with E-state index in [1.807, 2.05) is 0 Å². The van der Waals surface area contributed by atoms with Gasteiger partial charge in [-0.2, -0.15) is 0 Å². The lowest BCUT2D eigenvalue weighted by molar-refractivity contribution is 0.0492. The van der Waals surface area contributed by atoms with Crippen LogP contribution in [0, 0.1) is 17.3 Å². The van der Waals surface area contributed by atoms with Crippen LogP contribution in [-0.4, -0.2) is 13.2 Å². The Morgan fingerprint density at radius 1 is 1.27 bits per heavy atom. The van der Waals surface area contributed by atoms with Gasteiger partial charge in [-0.15, -0.1) is 0 Å². The Hall–Kier alpha value is -0.0400. The molecule has 1 unspecified atom stereocenters. The van der Waals surface area contributed by atoms with E-state index >= 15 is 0 Å². The highest BCUT2D eigenvalue weighted by molar-refractivity contribution is 5.03. The van der Waals surface area contributed by atoms with E-state index < -0.39 is 0 Å². The summed E-state index contributed by atoms with van der Waals surface area (Å²) < 4.78 is 5.37. The van der Waals surface area contributed by atoms with E-state index in [1.165, 1.54) is 19.3 Å². The third-order valence-electron chi connectivity index (χ3n) is 3.55. The van der Waals surface area contributed by atoms with Gasteiger partial charge in [0, 0.05) is 13.2 Å². The highest BCUT2D eigenvalue weighted by atomic mass is 16.5. The minimum absolute atomic E-state index is 0.742. The van der Waals surface area contributed by atoms with Gasteiger partial charge in [0.1, 0.15) is 0 Å². The fraction of sp³-hybridized carbons (Fsp3) is 1.00. The summed E-state index contributed by atoms with van der Waals surface area (Å²) in [6, 6.07) is 0. The molecule has 0 N–H and O–H groups in total. The standard InChI is InChI=1S/C10H18O/c1-8(2)9-7-10(9)3-5-11-6-4-10/h8-9H,3-7H2,1-2H3. The first kappa shape index (κ1) is 7.60. The summed E-state index contributed by atoms with van der Waals surface area (Å²) in [6.07, 6.45) is 4.14. The Kier molecular flexibility index (Phi) is 1.71. The number of hydrogen-bond acceptors (Lipinski definition) is 1. The van der Waals surface area contributed by atoms with Gasteiger partial charge in [-0.05, 0) is 36.5 Å². The third kappa shape index (κ3) is 1.20. The van der Waals surface area contributed by atoms with Crippen LogP contribution >= 0.6 is 0 Å². The zero-order chi connectivity index (χ0) is 7.90. The fourth-order valence-electron chi connectivity index (χ4n) is 2.67. The van der Waals surface area contributed by atoms with Crippen molar-refractivity contribution in [3.63, 3.8) is 0 Å². The average molecular weight is 154 g/mol. The minimum atomic E-state index is 0.742. The molecule has 2 aliphatic rings. The maximum atomic E-state index is 5.37. The second-order valence-electron chi connectivity index (χ2n) is 4.53. The van der Waals surface area contributed by atoms with Crippen LogP contribution in [-0.2, 0) is 4.74 Å². The van der Waals surface area contributed by atoms with E-state index in [0.717, 1.165) is 30.5 Å². The van der Waals surface area contributed by atoms with Gasteiger partial charge < -0.3 is 4.74 Å². The summed E-state index contributed by atoms with van der Waals surface area (Å²) in [4.78, 5) is 0. The molecule has 1 aliphatic carbocycles. The van der Waals surface area contributed by atoms with Crippen LogP contribution in [0.3, 0.4) is 0 Å². The first-order valence-corrected chi connectivity index (χ1v) is 4.82. The first-order valence-electron chi connectivity index (χ1n) is 4.82. The van der Waals surface area contributed by atoms with Gasteiger partial charge in [0.05, 0.1) is 0 Å². The summed E-state index contributed by atoms with van der Waals surface area (Å²) in [5.74, 6) is 1.92. The van der Waals surface area contributed by atoms with Gasteiger partial charge in [0.2, 0.25) is 0 Å². The quantitative estimate of drug-likeness (QED) is 0.563. The number of hydrogen-bond donors (Lipinski definition) is 0. The predicted octanol–water partition coefficient (Wildman–Crippen LogP) is 2.46. The smallest absolute Gasteiger partial charge is 0.0471 e. The maximum absolute atomic E-state index is 5.37. The lowest BCUT2D eigenvalue weighted by atomic mass is 9.90. The Bertz CT molecular complexity index is 145. The van der Waals surface area contributed by atoms with Crippen molar-refractivity contribution in [2.45, 2.75) is 33.1 Å². The predicted molar refractivity (Wildman–Crippen MR) is 45.4 cm³/mol. The van der Waals surface area contributed by atoms with E-state index in [2.05, 4.69) is 13.8 Å². The van der Waals surface area contributed by atoms with E-state index in [9.17, 15) is 0 Å². The van der Waals surface area contributed by atoms with Crippen LogP contribution in [0.15, 0.2) is 0 Å². The molecule has 1 heteroatoms. The third-order valence-corrected chi connectivity index (χ3v) is 3.55. The Labute approximate surface area is 69.1 Å². The monoisotopic (exact) mass is 154 g/mol. The first-order chi connectivity index (χ1) is 5.25. The van der Waals surface area contributed by atoms with Gasteiger partial charge in [0.15, 0.2) is 0 Å². The van der Waals surface area contributed by atoms with Gasteiger partial charge in [-0.25, -0.2) is 0 Å². The molecule has 0 radical (unpaired) electrons. The van der Waals surface area contributed by atoms with Crippen LogP contribution in [0.5, 0.6) is 0 Å². The molecule has 1 atom stereocenters. The Balaban J connectivity index is 1.93. The largest absolute Gasteiger partial charge is 0.381 e. The molecule has 64 valence electrons. The second kappa shape index (κ2) is 2.48. The molecule has 0 amide bonds. The van der Waals surface area contributed by atoms with Crippen molar-refractivity contribution in [2.24, 2.45) is 17.3 Å². The van der Waals surface area contributed by atoms with Crippen molar-refractivity contribution < 1.29 is 4.74 Å². The maximum Gasteiger partial charge on any atom is 0.0471 e. The van der Waals surface area contributed by atoms with E-state index in [1.54, 1.807) is 0 Å². The topological polar surface area (TPSA) is 9.23 Å². The molecule has 0 aromatic rings. The summed E-state index contributed by atoms with van der Waals surface area (Å²) >= 11 is 0. The van der Waals surface area contributed by atoms with E-state index in [4.69, 9.17) is 4.74 Å². The van der Waals surface area contributed by atoms with Gasteiger partial charge >= 0.3 is 0 Å². The molecular weight excluding hydrogens is 136 g/mol. The van der Waals surface area contributed by atoms with Crippen molar-refractivity contribution in [3.8, 4) is 0 Å². The van der Waals surface area contributed by atoms with Crippen LogP contribution in [0.2, 0.25) is 0 Å². The number of rotatable bonds is 1. The second-order valence-corrected chi connectivity index (χ2v) is 4.53. The Morgan fingerprint density at radius 3 is 2.36 bits per heavy atom. The molecule has 2 fully saturated rings. The lowest BCUT2D eigenvalue weighted by Gasteiger charge is -2.23. The molecule has 0 aromatic carbocycles. The SMILES string of the molecule is CC(C)C1CC12CCOCC2. The van der Waals surface area contributed by atoms with Crippen molar-refractivity contribution in [2.75, 3.05) is 13.2 Å². The van der Waals surface area contributed by atoms with Crippen LogP contribution < -0.4 is 0 Å². The summed E-state index contributed by atoms with van der Waals surface area (Å²) in [5.41, 5.74) is 0.742. The van der Waals surface area contributed by atoms with Crippen LogP contribution in [0.25, 0.3) is 0 Å². The zero-order valence-electron chi connectivity index (χ0n) is 7.60. The van der Waals surface area contributed by atoms with Crippen molar-refractivity contribution in [1.82, 2.24) is 0 Å². The summed E-state index contributed by atoms with van der Waals surface area (Å²) in [6.45, 7) is 6.75. The molecule has 1 aliphatic heterocycles. The molecule has 0 bridgehead atoms. The summed E-state index contributed by atoms with van der Waals surface area (Å²) in [7, 11) is 0. The van der Waals surface area contributed by atoms with Crippen LogP contribution in [0.1, 0.15) is 33.1 Å². The minimum Gasteiger partial charge on any atom is -0.381 e. The van der Waals surface area contributed by atoms with Crippen LogP contribution in [0.4, 0.5) is 0 Å². The molecule has 1 spiro atoms. The molecule has 11 heavy (non-hydrogen) atoms. The molecule has 1 saturated heterocycles. The fourth-order valence-corrected chi connectivity index (χ4v) is 2.67. The Morgan fingerprint density at radius 2 is 1.91 bits per heavy atom.